The first-order valence-electron chi connectivity index (χ1n) is 21.7. The van der Waals surface area contributed by atoms with Gasteiger partial charge < -0.3 is 0 Å². The highest BCUT2D eigenvalue weighted by atomic mass is 32.2. The molecule has 12 rings (SSSR count). The van der Waals surface area contributed by atoms with E-state index in [1.165, 1.54) is 71.0 Å². The molecule has 1 spiro atoms. The molecule has 2 aliphatic carbocycles. The van der Waals surface area contributed by atoms with E-state index in [9.17, 15) is 0 Å². The van der Waals surface area contributed by atoms with Gasteiger partial charge in [-0.3, -0.25) is 0 Å². The van der Waals surface area contributed by atoms with Crippen molar-refractivity contribution in [3.05, 3.63) is 239 Å². The SMILES string of the molecule is CC1(C)c2ccccc2-c2ccc(-c3cc(-c4ccccc4)nc(-c4ccccc4-c4cccc5c4Sc4ccccc4C54c5ccccc5C(C)(C)c5ccccc54)n3)cc21. The second-order valence-electron chi connectivity index (χ2n) is 18.1. The van der Waals surface area contributed by atoms with Crippen molar-refractivity contribution >= 4 is 11.8 Å². The first-order chi connectivity index (χ1) is 30.3. The van der Waals surface area contributed by atoms with Crippen molar-refractivity contribution in [2.45, 2.75) is 53.7 Å². The molecule has 0 fully saturated rings. The van der Waals surface area contributed by atoms with Crippen LogP contribution in [0.1, 0.15) is 72.2 Å². The van der Waals surface area contributed by atoms with Crippen molar-refractivity contribution in [2.75, 3.05) is 0 Å². The Morgan fingerprint density at radius 3 is 1.55 bits per heavy atom. The van der Waals surface area contributed by atoms with Crippen LogP contribution in [-0.2, 0) is 16.2 Å². The van der Waals surface area contributed by atoms with Gasteiger partial charge in [-0.25, -0.2) is 9.97 Å². The molecule has 3 aliphatic rings. The van der Waals surface area contributed by atoms with Crippen molar-refractivity contribution in [1.82, 2.24) is 9.97 Å². The van der Waals surface area contributed by atoms with E-state index in [2.05, 4.69) is 222 Å². The standard InChI is InChI=1S/C59H44N2S/c1-57(2)44-25-11-10-22-40(44)41-34-33-38(35-51(41)57)53-36-52(37-19-6-5-7-20-37)60-56(61-53)43-23-9-8-21-39(43)42-24-18-31-50-55(42)62-54-32-17-16-30-49(54)59(50)47-28-14-12-26-45(47)58(3,4)46-27-13-15-29-48(46)59/h5-36H,1-4H3. The molecule has 9 aromatic rings. The number of rotatable bonds is 4. The summed E-state index contributed by atoms with van der Waals surface area (Å²) in [5.41, 5.74) is 19.9. The molecule has 2 heterocycles. The summed E-state index contributed by atoms with van der Waals surface area (Å²) in [7, 11) is 0. The molecule has 296 valence electrons. The zero-order chi connectivity index (χ0) is 41.8. The summed E-state index contributed by atoms with van der Waals surface area (Å²) in [6.07, 6.45) is 0. The maximum atomic E-state index is 5.50. The first-order valence-corrected chi connectivity index (χ1v) is 22.5. The fourth-order valence-electron chi connectivity index (χ4n) is 11.1. The Bertz CT molecular complexity index is 3240. The van der Waals surface area contributed by atoms with Gasteiger partial charge in [0.15, 0.2) is 5.82 Å². The van der Waals surface area contributed by atoms with Gasteiger partial charge in [0.05, 0.1) is 16.8 Å². The van der Waals surface area contributed by atoms with Crippen LogP contribution < -0.4 is 0 Å². The van der Waals surface area contributed by atoms with E-state index in [0.29, 0.717) is 5.82 Å². The molecule has 0 unspecified atom stereocenters. The van der Waals surface area contributed by atoms with Gasteiger partial charge in [0.2, 0.25) is 0 Å². The molecule has 2 nitrogen and oxygen atoms in total. The highest BCUT2D eigenvalue weighted by Gasteiger charge is 2.52. The first kappa shape index (κ1) is 37.0. The van der Waals surface area contributed by atoms with Gasteiger partial charge in [-0.1, -0.05) is 215 Å². The van der Waals surface area contributed by atoms with Crippen LogP contribution in [0.5, 0.6) is 0 Å². The minimum absolute atomic E-state index is 0.123. The van der Waals surface area contributed by atoms with Gasteiger partial charge in [-0.05, 0) is 85.0 Å². The minimum atomic E-state index is -0.511. The maximum absolute atomic E-state index is 5.50. The molecule has 0 atom stereocenters. The summed E-state index contributed by atoms with van der Waals surface area (Å²) in [4.78, 5) is 13.4. The average Bonchev–Trinajstić information content (AvgIpc) is 3.55. The molecule has 0 saturated heterocycles. The van der Waals surface area contributed by atoms with Crippen LogP contribution in [0.15, 0.2) is 204 Å². The third-order valence-electron chi connectivity index (χ3n) is 14.1. The summed E-state index contributed by atoms with van der Waals surface area (Å²) in [6, 6.07) is 71.5. The Morgan fingerprint density at radius 1 is 0.339 bits per heavy atom. The fourth-order valence-corrected chi connectivity index (χ4v) is 12.4. The van der Waals surface area contributed by atoms with Gasteiger partial charge >= 0.3 is 0 Å². The summed E-state index contributed by atoms with van der Waals surface area (Å²) in [5, 5.41) is 0. The predicted octanol–water partition coefficient (Wildman–Crippen LogP) is 14.9. The van der Waals surface area contributed by atoms with Crippen LogP contribution in [0.4, 0.5) is 0 Å². The molecule has 1 aliphatic heterocycles. The topological polar surface area (TPSA) is 25.8 Å². The lowest BCUT2D eigenvalue weighted by Crippen LogP contribution is -2.43. The van der Waals surface area contributed by atoms with E-state index in [-0.39, 0.29) is 10.8 Å². The number of nitrogens with zero attached hydrogens (tertiary/aromatic N) is 2. The van der Waals surface area contributed by atoms with Gasteiger partial charge in [0.1, 0.15) is 0 Å². The smallest absolute Gasteiger partial charge is 0.161 e. The molecule has 8 aromatic carbocycles. The highest BCUT2D eigenvalue weighted by Crippen LogP contribution is 2.63. The van der Waals surface area contributed by atoms with Crippen molar-refractivity contribution in [3.8, 4) is 56.2 Å². The summed E-state index contributed by atoms with van der Waals surface area (Å²) in [6.45, 7) is 9.44. The molecule has 0 saturated carbocycles. The maximum Gasteiger partial charge on any atom is 0.161 e. The zero-order valence-corrected chi connectivity index (χ0v) is 36.1. The highest BCUT2D eigenvalue weighted by molar-refractivity contribution is 7.99. The van der Waals surface area contributed by atoms with E-state index in [4.69, 9.17) is 9.97 Å². The van der Waals surface area contributed by atoms with Gasteiger partial charge in [-0.15, -0.1) is 0 Å². The van der Waals surface area contributed by atoms with Crippen LogP contribution in [0.25, 0.3) is 56.2 Å². The molecule has 0 radical (unpaired) electrons. The summed E-state index contributed by atoms with van der Waals surface area (Å²) >= 11 is 1.89. The quantitative estimate of drug-likeness (QED) is 0.177. The number of benzene rings is 8. The van der Waals surface area contributed by atoms with Crippen molar-refractivity contribution < 1.29 is 0 Å². The number of fused-ring (bicyclic) bond motifs is 11. The lowest BCUT2D eigenvalue weighted by atomic mass is 9.54. The lowest BCUT2D eigenvalue weighted by molar-refractivity contribution is 0.549. The van der Waals surface area contributed by atoms with E-state index in [1.807, 2.05) is 11.8 Å². The van der Waals surface area contributed by atoms with Crippen LogP contribution in [0.3, 0.4) is 0 Å². The Balaban J connectivity index is 1.09. The molecule has 0 bridgehead atoms. The molecule has 1 aromatic heterocycles. The molecule has 0 N–H and O–H groups in total. The lowest BCUT2D eigenvalue weighted by Gasteiger charge is -2.50. The number of hydrogen-bond donors (Lipinski definition) is 0. The predicted molar refractivity (Wildman–Crippen MR) is 256 cm³/mol. The largest absolute Gasteiger partial charge is 0.228 e. The van der Waals surface area contributed by atoms with E-state index in [1.54, 1.807) is 0 Å². The van der Waals surface area contributed by atoms with Crippen LogP contribution >= 0.6 is 11.8 Å². The van der Waals surface area contributed by atoms with E-state index in [0.717, 1.165) is 33.6 Å². The number of aromatic nitrogens is 2. The third-order valence-corrected chi connectivity index (χ3v) is 15.3. The van der Waals surface area contributed by atoms with Crippen LogP contribution in [-0.4, -0.2) is 9.97 Å². The van der Waals surface area contributed by atoms with Crippen molar-refractivity contribution in [3.63, 3.8) is 0 Å². The normalized spacial score (nSPS) is 15.4. The molecule has 0 amide bonds. The fraction of sp³-hybridized carbons (Fsp3) is 0.119. The van der Waals surface area contributed by atoms with Gasteiger partial charge in [0, 0.05) is 37.3 Å². The van der Waals surface area contributed by atoms with Crippen LogP contribution in [0.2, 0.25) is 0 Å². The molecule has 62 heavy (non-hydrogen) atoms. The third kappa shape index (κ3) is 5.18. The Labute approximate surface area is 368 Å². The molecule has 3 heteroatoms. The van der Waals surface area contributed by atoms with Crippen molar-refractivity contribution in [2.24, 2.45) is 0 Å². The van der Waals surface area contributed by atoms with Gasteiger partial charge in [0.25, 0.3) is 0 Å². The van der Waals surface area contributed by atoms with E-state index < -0.39 is 5.41 Å². The monoisotopic (exact) mass is 812 g/mol. The second kappa shape index (κ2) is 13.6. The average molecular weight is 813 g/mol. The van der Waals surface area contributed by atoms with Crippen LogP contribution in [0, 0.1) is 0 Å². The molecular formula is C59H44N2S. The Morgan fingerprint density at radius 2 is 0.839 bits per heavy atom. The second-order valence-corrected chi connectivity index (χ2v) is 19.1. The molecular weight excluding hydrogens is 769 g/mol. The minimum Gasteiger partial charge on any atom is -0.228 e. The zero-order valence-electron chi connectivity index (χ0n) is 35.3. The Kier molecular flexibility index (Phi) is 8.11. The van der Waals surface area contributed by atoms with Crippen molar-refractivity contribution in [1.29, 1.82) is 0 Å². The summed E-state index contributed by atoms with van der Waals surface area (Å²) in [5.74, 6) is 0.712. The Hall–Kier alpha value is -6.81. The number of hydrogen-bond acceptors (Lipinski definition) is 3. The summed E-state index contributed by atoms with van der Waals surface area (Å²) < 4.78 is 0. The van der Waals surface area contributed by atoms with Gasteiger partial charge in [-0.2, -0.15) is 0 Å². The van der Waals surface area contributed by atoms with E-state index >= 15 is 0 Å².